The number of halogens is 2. The first-order chi connectivity index (χ1) is 39.7. The van der Waals surface area contributed by atoms with E-state index < -0.39 is 26.9 Å². The SMILES string of the molecule is CC(C)(C)OC(=O)N1CCC(n2nnc(-c3ccc(F)cc3)c2-c2ccnc(S(C)(=O)=O)n2)CC1.Cc1cc(C)cc(Cc2nccc(-c3c(-c4ccc(F)cc4)nnn3C3CCN(C(=O)OC(C)(C)C)CC3)n2)c1.Cc1cc(C)cc(N)c1. The van der Waals surface area contributed by atoms with Crippen LogP contribution in [-0.4, -0.2) is 124 Å². The smallest absolute Gasteiger partial charge is 0.410 e. The van der Waals surface area contributed by atoms with E-state index in [2.05, 4.69) is 73.7 Å². The van der Waals surface area contributed by atoms with Gasteiger partial charge in [-0.05, 0) is 184 Å². The van der Waals surface area contributed by atoms with Gasteiger partial charge in [-0.2, -0.15) is 0 Å². The summed E-state index contributed by atoms with van der Waals surface area (Å²) >= 11 is 0. The number of aromatic nitrogens is 10. The van der Waals surface area contributed by atoms with Crippen molar-refractivity contribution in [3.05, 3.63) is 155 Å². The first-order valence-electron chi connectivity index (χ1n) is 27.8. The molecule has 4 aromatic carbocycles. The number of sulfone groups is 1. The molecule has 0 aliphatic carbocycles. The molecule has 0 unspecified atom stereocenters. The number of nitrogen functional groups attached to an aromatic ring is 1. The van der Waals surface area contributed by atoms with Crippen molar-refractivity contribution in [2.24, 2.45) is 0 Å². The van der Waals surface area contributed by atoms with Crippen LogP contribution < -0.4 is 5.73 Å². The van der Waals surface area contributed by atoms with Crippen molar-refractivity contribution in [2.75, 3.05) is 38.2 Å². The molecule has 0 atom stereocenters. The maximum atomic E-state index is 13.7. The number of likely N-dealkylation sites (tertiary alicyclic amines) is 2. The molecule has 22 heteroatoms. The molecular formula is C62H73F2N13O6S. The van der Waals surface area contributed by atoms with E-state index in [1.165, 1.54) is 52.7 Å². The number of benzene rings is 4. The summed E-state index contributed by atoms with van der Waals surface area (Å²) < 4.78 is 66.1. The van der Waals surface area contributed by atoms with Crippen LogP contribution in [0.4, 0.5) is 24.1 Å². The largest absolute Gasteiger partial charge is 0.444 e. The van der Waals surface area contributed by atoms with Gasteiger partial charge < -0.3 is 25.0 Å². The van der Waals surface area contributed by atoms with Crippen molar-refractivity contribution >= 4 is 27.7 Å². The fourth-order valence-electron chi connectivity index (χ4n) is 10.0. The van der Waals surface area contributed by atoms with Crippen LogP contribution in [0.2, 0.25) is 0 Å². The maximum absolute atomic E-state index is 13.7. The van der Waals surface area contributed by atoms with Crippen LogP contribution in [0.15, 0.2) is 115 Å². The number of nitrogens with zero attached hydrogens (tertiary/aromatic N) is 12. The second-order valence-corrected chi connectivity index (χ2v) is 25.2. The van der Waals surface area contributed by atoms with Crippen LogP contribution in [0.25, 0.3) is 45.3 Å². The van der Waals surface area contributed by atoms with E-state index in [9.17, 15) is 26.8 Å². The highest BCUT2D eigenvalue weighted by Crippen LogP contribution is 2.37. The zero-order valence-electron chi connectivity index (χ0n) is 49.5. The van der Waals surface area contributed by atoms with Gasteiger partial charge in [-0.3, -0.25) is 0 Å². The fraction of sp³-hybridized carbons (Fsp3) is 0.387. The Morgan fingerprint density at radius 2 is 0.976 bits per heavy atom. The normalized spacial score (nSPS) is 14.2. The van der Waals surface area contributed by atoms with Crippen LogP contribution in [0, 0.1) is 39.3 Å². The van der Waals surface area contributed by atoms with Crippen LogP contribution in [0.1, 0.15) is 113 Å². The van der Waals surface area contributed by atoms with E-state index in [1.54, 1.807) is 51.0 Å². The number of piperidine rings is 2. The van der Waals surface area contributed by atoms with E-state index >= 15 is 0 Å². The van der Waals surface area contributed by atoms with Gasteiger partial charge in [-0.25, -0.2) is 56.1 Å². The Hall–Kier alpha value is -8.53. The third-order valence-corrected chi connectivity index (χ3v) is 14.5. The van der Waals surface area contributed by atoms with Gasteiger partial charge in [0.15, 0.2) is 0 Å². The highest BCUT2D eigenvalue weighted by atomic mass is 32.2. The van der Waals surface area contributed by atoms with Crippen molar-refractivity contribution in [3.63, 3.8) is 0 Å². The molecule has 442 valence electrons. The minimum Gasteiger partial charge on any atom is -0.444 e. The Morgan fingerprint density at radius 3 is 1.37 bits per heavy atom. The van der Waals surface area contributed by atoms with Crippen molar-refractivity contribution < 1.29 is 36.3 Å². The molecule has 8 aromatic rings. The van der Waals surface area contributed by atoms with Gasteiger partial charge in [0, 0.05) is 68.1 Å². The topological polar surface area (TPSA) is 232 Å². The molecule has 2 aliphatic heterocycles. The van der Waals surface area contributed by atoms with Crippen LogP contribution in [0.3, 0.4) is 0 Å². The van der Waals surface area contributed by atoms with Crippen molar-refractivity contribution in [3.8, 4) is 45.3 Å². The average molecular weight is 1170 g/mol. The van der Waals surface area contributed by atoms with Crippen LogP contribution in [0.5, 0.6) is 0 Å². The second kappa shape index (κ2) is 25.9. The number of nitrogens with two attached hydrogens (primary N) is 1. The van der Waals surface area contributed by atoms with Crippen molar-refractivity contribution in [2.45, 2.75) is 130 Å². The molecule has 19 nitrogen and oxygen atoms in total. The summed E-state index contributed by atoms with van der Waals surface area (Å²) in [5.41, 5.74) is 16.0. The Bertz CT molecular complexity index is 3640. The fourth-order valence-corrected chi connectivity index (χ4v) is 10.6. The molecule has 0 saturated carbocycles. The zero-order chi connectivity index (χ0) is 60.7. The van der Waals surface area contributed by atoms with Gasteiger partial charge in [-0.1, -0.05) is 45.8 Å². The molecule has 0 spiro atoms. The molecule has 4 aromatic heterocycles. The summed E-state index contributed by atoms with van der Waals surface area (Å²) in [6, 6.07) is 27.9. The summed E-state index contributed by atoms with van der Waals surface area (Å²) in [6.07, 6.45) is 6.65. The highest BCUT2D eigenvalue weighted by molar-refractivity contribution is 7.90. The van der Waals surface area contributed by atoms with Gasteiger partial charge in [0.1, 0.15) is 51.4 Å². The molecule has 0 bridgehead atoms. The Morgan fingerprint density at radius 1 is 0.583 bits per heavy atom. The summed E-state index contributed by atoms with van der Waals surface area (Å²) in [4.78, 5) is 46.1. The molecular weight excluding hydrogens is 1090 g/mol. The maximum Gasteiger partial charge on any atom is 0.410 e. The Balaban J connectivity index is 0.000000192. The molecule has 2 amide bonds. The standard InChI is InChI=1S/C31H35FN6O2.C23H27FN6O4S.C8H11N/c1-20-16-21(2)18-22(17-20)19-27-33-13-10-26(34-27)29-28(23-6-8-24(32)9-7-23)35-36-38(29)25-11-14-37(15-12-25)30(39)40-31(3,4)5;1-23(2,3)34-22(31)29-13-10-17(11-14-29)30-20(18-9-12-25-21(26-18)35(4,32)33)19(27-28-30)15-5-7-16(24)8-6-15;1-6-3-7(2)5-8(9)4-6/h6-10,13,16-18,25H,11-12,14-15,19H2,1-5H3;5-9,12,17H,10-11,13-14H2,1-4H3;3-5H,9H2,1-2H3. The minimum atomic E-state index is -3.65. The van der Waals surface area contributed by atoms with E-state index in [0.717, 1.165) is 28.8 Å². The summed E-state index contributed by atoms with van der Waals surface area (Å²) in [5.74, 6) is -0.0105. The third-order valence-electron chi connectivity index (χ3n) is 13.6. The Kier molecular flexibility index (Phi) is 19.0. The minimum absolute atomic E-state index is 0.00761. The lowest BCUT2D eigenvalue weighted by Gasteiger charge is -2.33. The Labute approximate surface area is 489 Å². The number of hydrogen-bond donors (Lipinski definition) is 1. The number of aryl methyl sites for hydroxylation is 4. The monoisotopic (exact) mass is 1170 g/mol. The summed E-state index contributed by atoms with van der Waals surface area (Å²) in [5, 5.41) is 17.5. The number of amides is 2. The summed E-state index contributed by atoms with van der Waals surface area (Å²) in [7, 11) is -3.65. The number of ether oxygens (including phenoxy) is 2. The van der Waals surface area contributed by atoms with Gasteiger partial charge in [0.2, 0.25) is 15.0 Å². The van der Waals surface area contributed by atoms with E-state index in [0.29, 0.717) is 98.1 Å². The quantitative estimate of drug-likeness (QED) is 0.105. The molecule has 84 heavy (non-hydrogen) atoms. The average Bonchev–Trinajstić information content (AvgIpc) is 2.37. The number of hydrogen-bond acceptors (Lipinski definition) is 15. The third kappa shape index (κ3) is 16.4. The van der Waals surface area contributed by atoms with Crippen molar-refractivity contribution in [1.29, 1.82) is 0 Å². The molecule has 2 N–H and O–H groups in total. The lowest BCUT2D eigenvalue weighted by molar-refractivity contribution is 0.0174. The molecule has 2 fully saturated rings. The number of anilines is 1. The summed E-state index contributed by atoms with van der Waals surface area (Å²) in [6.45, 7) is 21.3. The lowest BCUT2D eigenvalue weighted by atomic mass is 10.0. The molecule has 6 heterocycles. The first-order valence-corrected chi connectivity index (χ1v) is 29.7. The van der Waals surface area contributed by atoms with Crippen molar-refractivity contribution in [1.82, 2.24) is 59.7 Å². The predicted molar refractivity (Wildman–Crippen MR) is 317 cm³/mol. The van der Waals surface area contributed by atoms with E-state index in [1.807, 2.05) is 78.3 Å². The van der Waals surface area contributed by atoms with Crippen LogP contribution >= 0.6 is 0 Å². The lowest BCUT2D eigenvalue weighted by Crippen LogP contribution is -2.42. The van der Waals surface area contributed by atoms with Gasteiger partial charge >= 0.3 is 12.2 Å². The van der Waals surface area contributed by atoms with Gasteiger partial charge in [0.25, 0.3) is 0 Å². The zero-order valence-corrected chi connectivity index (χ0v) is 50.3. The molecule has 2 saturated heterocycles. The number of carbonyl (C=O) groups is 2. The number of rotatable bonds is 9. The van der Waals surface area contributed by atoms with Gasteiger partial charge in [-0.15, -0.1) is 10.2 Å². The van der Waals surface area contributed by atoms with Gasteiger partial charge in [0.05, 0.1) is 23.5 Å². The van der Waals surface area contributed by atoms with E-state index in [-0.39, 0.29) is 35.2 Å². The second-order valence-electron chi connectivity index (χ2n) is 23.3. The predicted octanol–water partition coefficient (Wildman–Crippen LogP) is 11.7. The first kappa shape index (κ1) is 61.5. The highest BCUT2D eigenvalue weighted by Gasteiger charge is 2.33. The molecule has 0 radical (unpaired) electrons. The van der Waals surface area contributed by atoms with Crippen LogP contribution in [-0.2, 0) is 25.7 Å². The molecule has 10 rings (SSSR count). The molecule has 2 aliphatic rings. The van der Waals surface area contributed by atoms with E-state index in [4.69, 9.17) is 20.2 Å². The number of carbonyl (C=O) groups excluding carboxylic acids is 2.